The smallest absolute Gasteiger partial charge is 0.220 e. The molecule has 3 rings (SSSR count). The molecule has 2 aromatic carbocycles. The Kier molecular flexibility index (Phi) is 5.19. The highest BCUT2D eigenvalue weighted by Gasteiger charge is 2.09. The largest absolute Gasteiger partial charge is 0.359 e. The standard InChI is InChI=1S/C20H19ClN2O2/c1-13-10-16-11-14(2-7-18(16)23-13)12-22-20(25)9-8-19(24)15-3-5-17(21)6-4-15/h2-7,10-11,23H,8-9,12H2,1H3,(H,22,25). The van der Waals surface area contributed by atoms with Gasteiger partial charge in [0.05, 0.1) is 0 Å². The average molecular weight is 355 g/mol. The maximum atomic E-state index is 12.1. The van der Waals surface area contributed by atoms with Crippen molar-refractivity contribution >= 4 is 34.2 Å². The lowest BCUT2D eigenvalue weighted by Gasteiger charge is -2.06. The van der Waals surface area contributed by atoms with E-state index in [1.807, 2.05) is 19.1 Å². The number of fused-ring (bicyclic) bond motifs is 1. The highest BCUT2D eigenvalue weighted by molar-refractivity contribution is 6.30. The van der Waals surface area contributed by atoms with Crippen LogP contribution in [0.15, 0.2) is 48.5 Å². The van der Waals surface area contributed by atoms with Crippen LogP contribution < -0.4 is 5.32 Å². The Morgan fingerprint density at radius 3 is 2.56 bits per heavy atom. The summed E-state index contributed by atoms with van der Waals surface area (Å²) in [6.45, 7) is 2.47. The van der Waals surface area contributed by atoms with Gasteiger partial charge in [0.15, 0.2) is 5.78 Å². The van der Waals surface area contributed by atoms with E-state index in [9.17, 15) is 9.59 Å². The highest BCUT2D eigenvalue weighted by atomic mass is 35.5. The average Bonchev–Trinajstić information content (AvgIpc) is 2.97. The molecule has 0 fully saturated rings. The molecule has 1 heterocycles. The van der Waals surface area contributed by atoms with Crippen molar-refractivity contribution in [3.8, 4) is 0 Å². The second-order valence-corrected chi connectivity index (χ2v) is 6.52. The molecule has 25 heavy (non-hydrogen) atoms. The van der Waals surface area contributed by atoms with Crippen molar-refractivity contribution in [1.82, 2.24) is 10.3 Å². The van der Waals surface area contributed by atoms with Crippen LogP contribution in [0.25, 0.3) is 10.9 Å². The Morgan fingerprint density at radius 2 is 1.80 bits per heavy atom. The number of carbonyl (C=O) groups is 2. The van der Waals surface area contributed by atoms with Gasteiger partial charge in [0.2, 0.25) is 5.91 Å². The number of hydrogen-bond acceptors (Lipinski definition) is 2. The van der Waals surface area contributed by atoms with Crippen molar-refractivity contribution in [3.05, 3.63) is 70.4 Å². The molecule has 0 aliphatic heterocycles. The number of Topliss-reactive ketones (excluding diaryl/α,β-unsaturated/α-hetero) is 1. The van der Waals surface area contributed by atoms with E-state index in [0.717, 1.165) is 22.2 Å². The van der Waals surface area contributed by atoms with Gasteiger partial charge in [-0.3, -0.25) is 9.59 Å². The predicted octanol–water partition coefficient (Wildman–Crippen LogP) is 4.41. The number of aromatic nitrogens is 1. The number of nitrogens with one attached hydrogen (secondary N) is 2. The zero-order chi connectivity index (χ0) is 17.8. The molecule has 0 spiro atoms. The fraction of sp³-hybridized carbons (Fsp3) is 0.200. The molecule has 0 saturated heterocycles. The molecule has 0 saturated carbocycles. The zero-order valence-electron chi connectivity index (χ0n) is 13.9. The lowest BCUT2D eigenvalue weighted by molar-refractivity contribution is -0.121. The van der Waals surface area contributed by atoms with Gasteiger partial charge in [-0.2, -0.15) is 0 Å². The summed E-state index contributed by atoms with van der Waals surface area (Å²) in [4.78, 5) is 27.3. The van der Waals surface area contributed by atoms with Crippen LogP contribution in [0.3, 0.4) is 0 Å². The molecule has 2 N–H and O–H groups in total. The minimum Gasteiger partial charge on any atom is -0.359 e. The molecule has 1 amide bonds. The molecule has 0 unspecified atom stereocenters. The van der Waals surface area contributed by atoms with Crippen LogP contribution in [0.5, 0.6) is 0 Å². The third-order valence-electron chi connectivity index (χ3n) is 4.05. The first-order valence-electron chi connectivity index (χ1n) is 8.15. The summed E-state index contributed by atoms with van der Waals surface area (Å²) in [6, 6.07) is 14.8. The molecule has 1 aromatic heterocycles. The molecule has 0 radical (unpaired) electrons. The summed E-state index contributed by atoms with van der Waals surface area (Å²) in [5, 5.41) is 4.58. The number of amides is 1. The Balaban J connectivity index is 1.50. The number of carbonyl (C=O) groups excluding carboxylic acids is 2. The van der Waals surface area contributed by atoms with Crippen molar-refractivity contribution in [2.75, 3.05) is 0 Å². The van der Waals surface area contributed by atoms with Crippen molar-refractivity contribution in [3.63, 3.8) is 0 Å². The van der Waals surface area contributed by atoms with Crippen molar-refractivity contribution in [2.24, 2.45) is 0 Å². The minimum atomic E-state index is -0.132. The number of aryl methyl sites for hydroxylation is 1. The number of benzene rings is 2. The summed E-state index contributed by atoms with van der Waals surface area (Å²) in [5.41, 5.74) is 3.80. The van der Waals surface area contributed by atoms with Gasteiger partial charge < -0.3 is 10.3 Å². The van der Waals surface area contributed by atoms with Crippen LogP contribution >= 0.6 is 11.6 Å². The third-order valence-corrected chi connectivity index (χ3v) is 4.31. The van der Waals surface area contributed by atoms with Crippen molar-refractivity contribution < 1.29 is 9.59 Å². The molecule has 128 valence electrons. The molecular weight excluding hydrogens is 336 g/mol. The second kappa shape index (κ2) is 7.53. The number of hydrogen-bond donors (Lipinski definition) is 2. The van der Waals surface area contributed by atoms with Crippen LogP contribution in [0.2, 0.25) is 5.02 Å². The monoisotopic (exact) mass is 354 g/mol. The maximum absolute atomic E-state index is 12.1. The predicted molar refractivity (Wildman–Crippen MR) is 99.9 cm³/mol. The van der Waals surface area contributed by atoms with Gasteiger partial charge in [-0.05, 0) is 60.3 Å². The molecule has 0 aliphatic carbocycles. The molecule has 5 heteroatoms. The Bertz CT molecular complexity index is 913. The van der Waals surface area contributed by atoms with Gasteiger partial charge in [-0.1, -0.05) is 17.7 Å². The highest BCUT2D eigenvalue weighted by Crippen LogP contribution is 2.17. The quantitative estimate of drug-likeness (QED) is 0.644. The number of ketones is 1. The summed E-state index contributed by atoms with van der Waals surface area (Å²) in [7, 11) is 0. The summed E-state index contributed by atoms with van der Waals surface area (Å²) >= 11 is 5.80. The Labute approximate surface area is 151 Å². The molecule has 0 bridgehead atoms. The van der Waals surface area contributed by atoms with Crippen LogP contribution in [-0.4, -0.2) is 16.7 Å². The summed E-state index contributed by atoms with van der Waals surface area (Å²) in [5.74, 6) is -0.191. The SMILES string of the molecule is Cc1cc2cc(CNC(=O)CCC(=O)c3ccc(Cl)cc3)ccc2[nH]1. The van der Waals surface area contributed by atoms with E-state index in [2.05, 4.69) is 22.4 Å². The number of halogens is 1. The lowest BCUT2D eigenvalue weighted by Crippen LogP contribution is -2.23. The topological polar surface area (TPSA) is 62.0 Å². The number of H-pyrrole nitrogens is 1. The van der Waals surface area contributed by atoms with E-state index in [1.165, 1.54) is 0 Å². The normalized spacial score (nSPS) is 10.8. The van der Waals surface area contributed by atoms with Gasteiger partial charge in [-0.25, -0.2) is 0 Å². The number of rotatable bonds is 6. The molecule has 4 nitrogen and oxygen atoms in total. The van der Waals surface area contributed by atoms with E-state index >= 15 is 0 Å². The van der Waals surface area contributed by atoms with Crippen LogP contribution in [0, 0.1) is 6.92 Å². The molecule has 3 aromatic rings. The Hall–Kier alpha value is -2.59. The molecular formula is C20H19ClN2O2. The van der Waals surface area contributed by atoms with Crippen molar-refractivity contribution in [2.45, 2.75) is 26.3 Å². The summed E-state index contributed by atoms with van der Waals surface area (Å²) < 4.78 is 0. The van der Waals surface area contributed by atoms with Gasteiger partial charge in [0.1, 0.15) is 0 Å². The van der Waals surface area contributed by atoms with E-state index in [0.29, 0.717) is 17.1 Å². The van der Waals surface area contributed by atoms with E-state index in [1.54, 1.807) is 24.3 Å². The number of aromatic amines is 1. The Morgan fingerprint density at radius 1 is 1.04 bits per heavy atom. The van der Waals surface area contributed by atoms with Crippen molar-refractivity contribution in [1.29, 1.82) is 0 Å². The van der Waals surface area contributed by atoms with Gasteiger partial charge in [0, 0.05) is 41.2 Å². The van der Waals surface area contributed by atoms with Crippen LogP contribution in [0.1, 0.15) is 34.5 Å². The van der Waals surface area contributed by atoms with E-state index in [-0.39, 0.29) is 24.5 Å². The van der Waals surface area contributed by atoms with E-state index < -0.39 is 0 Å². The fourth-order valence-corrected chi connectivity index (χ4v) is 2.86. The first kappa shape index (κ1) is 17.2. The van der Waals surface area contributed by atoms with Crippen LogP contribution in [0.4, 0.5) is 0 Å². The molecule has 0 atom stereocenters. The zero-order valence-corrected chi connectivity index (χ0v) is 14.7. The fourth-order valence-electron chi connectivity index (χ4n) is 2.73. The van der Waals surface area contributed by atoms with E-state index in [4.69, 9.17) is 11.6 Å². The third kappa shape index (κ3) is 4.48. The summed E-state index contributed by atoms with van der Waals surface area (Å²) in [6.07, 6.45) is 0.358. The van der Waals surface area contributed by atoms with Gasteiger partial charge in [0.25, 0.3) is 0 Å². The minimum absolute atomic E-state index is 0.0592. The molecule has 0 aliphatic rings. The first-order chi connectivity index (χ1) is 12.0. The first-order valence-corrected chi connectivity index (χ1v) is 8.53. The lowest BCUT2D eigenvalue weighted by atomic mass is 10.1. The van der Waals surface area contributed by atoms with Gasteiger partial charge in [-0.15, -0.1) is 0 Å². The van der Waals surface area contributed by atoms with Crippen LogP contribution in [-0.2, 0) is 11.3 Å². The van der Waals surface area contributed by atoms with Gasteiger partial charge >= 0.3 is 0 Å². The second-order valence-electron chi connectivity index (χ2n) is 6.08. The maximum Gasteiger partial charge on any atom is 0.220 e.